The van der Waals surface area contributed by atoms with Crippen LogP contribution in [0.1, 0.15) is 18.4 Å². The van der Waals surface area contributed by atoms with E-state index in [-0.39, 0.29) is 0 Å². The second-order valence-corrected chi connectivity index (χ2v) is 6.13. The van der Waals surface area contributed by atoms with Crippen LogP contribution < -0.4 is 11.1 Å². The highest BCUT2D eigenvalue weighted by Gasteiger charge is 2.23. The van der Waals surface area contributed by atoms with E-state index in [1.165, 1.54) is 16.0 Å². The topological polar surface area (TPSA) is 72.9 Å². The molecule has 0 spiro atoms. The minimum Gasteiger partial charge on any atom is -0.370 e. The summed E-state index contributed by atoms with van der Waals surface area (Å²) in [5.41, 5.74) is 7.24. The van der Waals surface area contributed by atoms with Gasteiger partial charge in [-0.15, -0.1) is 11.3 Å². The molecule has 2 aromatic rings. The van der Waals surface area contributed by atoms with Crippen molar-refractivity contribution in [2.75, 3.05) is 11.9 Å². The Morgan fingerprint density at radius 1 is 1.47 bits per heavy atom. The van der Waals surface area contributed by atoms with Crippen molar-refractivity contribution in [3.05, 3.63) is 22.0 Å². The van der Waals surface area contributed by atoms with Crippen LogP contribution in [0.25, 0.3) is 10.6 Å². The zero-order valence-electron chi connectivity index (χ0n) is 10.1. The normalized spacial score (nSPS) is 14.6. The summed E-state index contributed by atoms with van der Waals surface area (Å²) in [4.78, 5) is 12.5. The summed E-state index contributed by atoms with van der Waals surface area (Å²) in [6.07, 6.45) is 3.02. The lowest BCUT2D eigenvalue weighted by atomic mass is 10.1. The van der Waals surface area contributed by atoms with Gasteiger partial charge in [0.2, 0.25) is 0 Å². The van der Waals surface area contributed by atoms with Gasteiger partial charge in [-0.2, -0.15) is 9.78 Å². The Morgan fingerprint density at radius 3 is 3.00 bits per heavy atom. The molecule has 5 nitrogen and oxygen atoms in total. The Labute approximate surface area is 119 Å². The van der Waals surface area contributed by atoms with E-state index in [9.17, 15) is 4.79 Å². The number of hydrogen-bond donors (Lipinski definition) is 2. The van der Waals surface area contributed by atoms with Crippen LogP contribution in [0.15, 0.2) is 12.1 Å². The first-order chi connectivity index (χ1) is 9.16. The van der Waals surface area contributed by atoms with Crippen LogP contribution in [0.4, 0.5) is 10.6 Å². The van der Waals surface area contributed by atoms with Crippen LogP contribution in [-0.4, -0.2) is 22.4 Å². The van der Waals surface area contributed by atoms with E-state index in [1.807, 2.05) is 12.1 Å². The van der Waals surface area contributed by atoms with Gasteiger partial charge in [0.1, 0.15) is 11.5 Å². The van der Waals surface area contributed by atoms with E-state index in [2.05, 4.69) is 10.4 Å². The van der Waals surface area contributed by atoms with Crippen LogP contribution in [-0.2, 0) is 6.42 Å². The molecule has 1 aliphatic heterocycles. The third-order valence-corrected chi connectivity index (χ3v) is 4.38. The molecular formula is C12H13ClN4OS. The minimum absolute atomic E-state index is 0.570. The summed E-state index contributed by atoms with van der Waals surface area (Å²) in [6, 6.07) is 3.19. The van der Waals surface area contributed by atoms with E-state index in [0.717, 1.165) is 47.8 Å². The van der Waals surface area contributed by atoms with Crippen LogP contribution in [0.2, 0.25) is 4.34 Å². The van der Waals surface area contributed by atoms with Crippen LogP contribution in [0.5, 0.6) is 0 Å². The standard InChI is InChI=1S/C12H13ClN4OS/c13-9-5-4-8(19-9)10-7-3-1-2-6-15-11(7)17(16-10)12(14)18/h4-5,15H,1-3,6H2,(H2,14,18). The van der Waals surface area contributed by atoms with Gasteiger partial charge >= 0.3 is 6.03 Å². The van der Waals surface area contributed by atoms with E-state index in [1.54, 1.807) is 0 Å². The molecule has 0 radical (unpaired) electrons. The summed E-state index contributed by atoms with van der Waals surface area (Å²) in [7, 11) is 0. The first kappa shape index (κ1) is 12.5. The molecule has 100 valence electrons. The maximum atomic E-state index is 11.5. The number of aromatic nitrogens is 2. The van der Waals surface area contributed by atoms with Crippen LogP contribution in [0, 0.1) is 0 Å². The summed E-state index contributed by atoms with van der Waals surface area (Å²) < 4.78 is 1.96. The molecule has 1 aliphatic rings. The van der Waals surface area contributed by atoms with Gasteiger partial charge in [0.15, 0.2) is 0 Å². The molecule has 3 rings (SSSR count). The van der Waals surface area contributed by atoms with Crippen molar-refractivity contribution in [1.82, 2.24) is 9.78 Å². The van der Waals surface area contributed by atoms with Gasteiger partial charge < -0.3 is 11.1 Å². The van der Waals surface area contributed by atoms with E-state index >= 15 is 0 Å². The van der Waals surface area contributed by atoms with E-state index in [4.69, 9.17) is 17.3 Å². The Morgan fingerprint density at radius 2 is 2.32 bits per heavy atom. The molecule has 0 saturated heterocycles. The lowest BCUT2D eigenvalue weighted by Crippen LogP contribution is -2.23. The fourth-order valence-corrected chi connectivity index (χ4v) is 3.36. The molecule has 0 aromatic carbocycles. The number of carbonyl (C=O) groups excluding carboxylic acids is 1. The number of fused-ring (bicyclic) bond motifs is 1. The highest BCUT2D eigenvalue weighted by molar-refractivity contribution is 7.19. The van der Waals surface area contributed by atoms with Gasteiger partial charge in [-0.25, -0.2) is 4.79 Å². The third kappa shape index (κ3) is 2.21. The number of rotatable bonds is 1. The smallest absolute Gasteiger partial charge is 0.341 e. The largest absolute Gasteiger partial charge is 0.370 e. The second kappa shape index (κ2) is 4.86. The summed E-state index contributed by atoms with van der Waals surface area (Å²) in [6.45, 7) is 0.830. The van der Waals surface area contributed by atoms with Crippen LogP contribution >= 0.6 is 22.9 Å². The molecule has 2 aromatic heterocycles. The molecule has 3 heterocycles. The highest BCUT2D eigenvalue weighted by Crippen LogP contribution is 2.36. The molecule has 0 bridgehead atoms. The number of carbonyl (C=O) groups is 1. The average Bonchev–Trinajstić information content (AvgIpc) is 2.86. The summed E-state index contributed by atoms with van der Waals surface area (Å²) in [5.74, 6) is 0.726. The summed E-state index contributed by atoms with van der Waals surface area (Å²) in [5, 5.41) is 7.59. The molecular weight excluding hydrogens is 284 g/mol. The number of halogens is 1. The molecule has 0 fully saturated rings. The highest BCUT2D eigenvalue weighted by atomic mass is 35.5. The Balaban J connectivity index is 2.16. The molecule has 0 saturated carbocycles. The van der Waals surface area contributed by atoms with Crippen molar-refractivity contribution in [1.29, 1.82) is 0 Å². The lowest BCUT2D eigenvalue weighted by Gasteiger charge is -2.04. The number of nitrogens with zero attached hydrogens (tertiary/aromatic N) is 2. The van der Waals surface area contributed by atoms with Crippen molar-refractivity contribution in [2.45, 2.75) is 19.3 Å². The first-order valence-electron chi connectivity index (χ1n) is 6.08. The Kier molecular flexibility index (Phi) is 3.20. The van der Waals surface area contributed by atoms with Gasteiger partial charge in [0.05, 0.1) is 9.21 Å². The maximum absolute atomic E-state index is 11.5. The van der Waals surface area contributed by atoms with Crippen molar-refractivity contribution < 1.29 is 4.79 Å². The SMILES string of the molecule is NC(=O)n1nc(-c2ccc(Cl)s2)c2c1NCCCC2. The monoisotopic (exact) mass is 296 g/mol. The van der Waals surface area contributed by atoms with Gasteiger partial charge in [-0.3, -0.25) is 0 Å². The molecule has 0 atom stereocenters. The van der Waals surface area contributed by atoms with Gasteiger partial charge in [-0.05, 0) is 31.4 Å². The van der Waals surface area contributed by atoms with Crippen molar-refractivity contribution in [3.63, 3.8) is 0 Å². The molecule has 0 aliphatic carbocycles. The predicted octanol–water partition coefficient (Wildman–Crippen LogP) is 2.94. The van der Waals surface area contributed by atoms with E-state index < -0.39 is 6.03 Å². The van der Waals surface area contributed by atoms with Gasteiger partial charge in [0.25, 0.3) is 0 Å². The number of hydrogen-bond acceptors (Lipinski definition) is 4. The van der Waals surface area contributed by atoms with Crippen molar-refractivity contribution >= 4 is 34.8 Å². The number of anilines is 1. The zero-order chi connectivity index (χ0) is 13.4. The molecule has 7 heteroatoms. The number of amides is 1. The van der Waals surface area contributed by atoms with Crippen molar-refractivity contribution in [2.24, 2.45) is 5.73 Å². The Hall–Kier alpha value is -1.53. The number of nitrogens with two attached hydrogens (primary N) is 1. The second-order valence-electron chi connectivity index (χ2n) is 4.41. The fraction of sp³-hybridized carbons (Fsp3) is 0.333. The Bertz CT molecular complexity index is 634. The van der Waals surface area contributed by atoms with Gasteiger partial charge in [0, 0.05) is 12.1 Å². The predicted molar refractivity (Wildman–Crippen MR) is 77.0 cm³/mol. The number of primary amides is 1. The fourth-order valence-electron chi connectivity index (χ4n) is 2.30. The molecule has 0 unspecified atom stereocenters. The third-order valence-electron chi connectivity index (χ3n) is 3.14. The van der Waals surface area contributed by atoms with Crippen LogP contribution in [0.3, 0.4) is 0 Å². The molecule has 19 heavy (non-hydrogen) atoms. The quantitative estimate of drug-likeness (QED) is 0.850. The minimum atomic E-state index is -0.570. The molecule has 1 amide bonds. The van der Waals surface area contributed by atoms with Crippen molar-refractivity contribution in [3.8, 4) is 10.6 Å². The summed E-state index contributed by atoms with van der Waals surface area (Å²) >= 11 is 7.43. The van der Waals surface area contributed by atoms with E-state index in [0.29, 0.717) is 4.34 Å². The zero-order valence-corrected chi connectivity index (χ0v) is 11.7. The number of nitrogens with one attached hydrogen (secondary N) is 1. The average molecular weight is 297 g/mol. The van der Waals surface area contributed by atoms with Gasteiger partial charge in [-0.1, -0.05) is 11.6 Å². The lowest BCUT2D eigenvalue weighted by molar-refractivity contribution is 0.248. The maximum Gasteiger partial charge on any atom is 0.341 e. The first-order valence-corrected chi connectivity index (χ1v) is 7.27. The number of thiophene rings is 1. The molecule has 3 N–H and O–H groups in total.